The summed E-state index contributed by atoms with van der Waals surface area (Å²) in [6.07, 6.45) is 4.56. The molecule has 2 aromatic rings. The second-order valence-corrected chi connectivity index (χ2v) is 4.86. The lowest BCUT2D eigenvalue weighted by molar-refractivity contribution is -0.384. The molecule has 0 aromatic heterocycles. The summed E-state index contributed by atoms with van der Waals surface area (Å²) in [5, 5.41) is 28.5. The minimum atomic E-state index is -1.25. The van der Waals surface area contributed by atoms with Crippen LogP contribution < -0.4 is 0 Å². The van der Waals surface area contributed by atoms with E-state index in [0.717, 1.165) is 6.07 Å². The van der Waals surface area contributed by atoms with Crippen molar-refractivity contribution in [2.45, 2.75) is 0 Å². The molecule has 2 aromatic carbocycles. The number of hydrogen-bond acceptors (Lipinski definition) is 5. The highest BCUT2D eigenvalue weighted by atomic mass is 16.6. The average molecular weight is 340 g/mol. The van der Waals surface area contributed by atoms with Gasteiger partial charge in [0.1, 0.15) is 0 Å². The first-order valence-corrected chi connectivity index (χ1v) is 6.93. The molecule has 0 saturated carbocycles. The van der Waals surface area contributed by atoms with Gasteiger partial charge in [0, 0.05) is 18.3 Å². The molecule has 0 amide bonds. The Balaban J connectivity index is 2.17. The Morgan fingerprint density at radius 2 is 1.56 bits per heavy atom. The molecule has 2 N–H and O–H groups in total. The molecule has 0 radical (unpaired) electrons. The highest BCUT2D eigenvalue weighted by Crippen LogP contribution is 2.18. The van der Waals surface area contributed by atoms with Crippen molar-refractivity contribution in [3.05, 3.63) is 75.3 Å². The van der Waals surface area contributed by atoms with Crippen molar-refractivity contribution < 1.29 is 24.7 Å². The Morgan fingerprint density at radius 1 is 1.00 bits per heavy atom. The Morgan fingerprint density at radius 3 is 2.04 bits per heavy atom. The fraction of sp³-hybridized carbons (Fsp3) is 0. The molecule has 0 aliphatic rings. The van der Waals surface area contributed by atoms with E-state index in [1.54, 1.807) is 24.3 Å². The van der Waals surface area contributed by atoms with Crippen molar-refractivity contribution in [1.29, 1.82) is 0 Å². The van der Waals surface area contributed by atoms with E-state index in [9.17, 15) is 19.7 Å². The van der Waals surface area contributed by atoms with Crippen LogP contribution in [0.5, 0.6) is 0 Å². The van der Waals surface area contributed by atoms with E-state index in [1.807, 2.05) is 0 Å². The number of carboxylic acid groups (broad SMARTS) is 2. The Labute approximate surface area is 141 Å². The van der Waals surface area contributed by atoms with E-state index >= 15 is 0 Å². The Kier molecular flexibility index (Phi) is 5.36. The molecule has 0 heterocycles. The van der Waals surface area contributed by atoms with Crippen LogP contribution >= 0.6 is 0 Å². The van der Waals surface area contributed by atoms with Crippen LogP contribution in [0, 0.1) is 10.1 Å². The lowest BCUT2D eigenvalue weighted by atomic mass is 10.1. The third-order valence-electron chi connectivity index (χ3n) is 3.11. The van der Waals surface area contributed by atoms with E-state index < -0.39 is 16.9 Å². The van der Waals surface area contributed by atoms with E-state index in [2.05, 4.69) is 4.99 Å². The molecular weight excluding hydrogens is 328 g/mol. The number of non-ortho nitro benzene ring substituents is 1. The number of aliphatic imine (C=N–C) groups is 1. The number of carbonyl (C=O) groups is 2. The summed E-state index contributed by atoms with van der Waals surface area (Å²) in [6, 6.07) is 9.43. The second-order valence-electron chi connectivity index (χ2n) is 4.86. The summed E-state index contributed by atoms with van der Waals surface area (Å²) in [4.78, 5) is 36.1. The zero-order chi connectivity index (χ0) is 18.4. The molecule has 8 nitrogen and oxygen atoms in total. The normalized spacial score (nSPS) is 11.0. The van der Waals surface area contributed by atoms with Crippen molar-refractivity contribution in [1.82, 2.24) is 0 Å². The first-order valence-electron chi connectivity index (χ1n) is 6.93. The summed E-state index contributed by atoms with van der Waals surface area (Å²) in [5.41, 5.74) is 0.531. The van der Waals surface area contributed by atoms with Gasteiger partial charge in [0.05, 0.1) is 21.7 Å². The largest absolute Gasteiger partial charge is 0.478 e. The number of aromatic carboxylic acids is 2. The van der Waals surface area contributed by atoms with Gasteiger partial charge < -0.3 is 10.2 Å². The summed E-state index contributed by atoms with van der Waals surface area (Å²) in [6.45, 7) is 0. The number of allylic oxidation sites excluding steroid dienone is 1. The standard InChI is InChI=1S/C17H12N2O6/c20-16(21)12-8-13(17(22)23)10-14(9-12)18-7-1-2-11-3-5-15(6-4-11)19(24)25/h1-10H,(H,20,21)(H,22,23). The lowest BCUT2D eigenvalue weighted by Gasteiger charge is -2.00. The van der Waals surface area contributed by atoms with Crippen LogP contribution in [0.15, 0.2) is 53.5 Å². The monoisotopic (exact) mass is 340 g/mol. The van der Waals surface area contributed by atoms with Gasteiger partial charge in [-0.3, -0.25) is 15.1 Å². The Bertz CT molecular complexity index is 852. The number of nitrogens with zero attached hydrogens (tertiary/aromatic N) is 2. The summed E-state index contributed by atoms with van der Waals surface area (Å²) >= 11 is 0. The lowest BCUT2D eigenvalue weighted by Crippen LogP contribution is -2.01. The van der Waals surface area contributed by atoms with Gasteiger partial charge in [-0.15, -0.1) is 0 Å². The predicted molar refractivity (Wildman–Crippen MR) is 90.6 cm³/mol. The number of nitro groups is 1. The van der Waals surface area contributed by atoms with Crippen molar-refractivity contribution in [2.24, 2.45) is 4.99 Å². The molecule has 0 bridgehead atoms. The van der Waals surface area contributed by atoms with Crippen LogP contribution in [-0.4, -0.2) is 33.3 Å². The third kappa shape index (κ3) is 4.83. The van der Waals surface area contributed by atoms with Crippen LogP contribution in [0.25, 0.3) is 6.08 Å². The van der Waals surface area contributed by atoms with Gasteiger partial charge in [-0.1, -0.05) is 6.08 Å². The van der Waals surface area contributed by atoms with Crippen molar-refractivity contribution in [3.63, 3.8) is 0 Å². The van der Waals surface area contributed by atoms with Gasteiger partial charge in [-0.2, -0.15) is 0 Å². The van der Waals surface area contributed by atoms with Gasteiger partial charge in [0.15, 0.2) is 0 Å². The fourth-order valence-electron chi connectivity index (χ4n) is 1.92. The summed E-state index contributed by atoms with van der Waals surface area (Å²) < 4.78 is 0. The van der Waals surface area contributed by atoms with Crippen LogP contribution in [0.1, 0.15) is 26.3 Å². The zero-order valence-corrected chi connectivity index (χ0v) is 12.7. The first kappa shape index (κ1) is 17.5. The number of carboxylic acids is 2. The molecule has 0 aliphatic heterocycles. The molecule has 2 rings (SSSR count). The molecular formula is C17H12N2O6. The molecule has 0 atom stereocenters. The minimum absolute atomic E-state index is 0.0162. The van der Waals surface area contributed by atoms with Crippen LogP contribution in [-0.2, 0) is 0 Å². The molecule has 8 heteroatoms. The summed E-state index contributed by atoms with van der Waals surface area (Å²) in [5.74, 6) is -2.50. The van der Waals surface area contributed by atoms with E-state index in [1.165, 1.54) is 30.5 Å². The average Bonchev–Trinajstić information content (AvgIpc) is 2.58. The molecule has 126 valence electrons. The molecule has 0 spiro atoms. The molecule has 0 saturated heterocycles. The van der Waals surface area contributed by atoms with E-state index in [-0.39, 0.29) is 22.5 Å². The third-order valence-corrected chi connectivity index (χ3v) is 3.11. The van der Waals surface area contributed by atoms with Gasteiger partial charge in [0.2, 0.25) is 0 Å². The van der Waals surface area contributed by atoms with E-state index in [4.69, 9.17) is 10.2 Å². The van der Waals surface area contributed by atoms with Gasteiger partial charge in [-0.25, -0.2) is 9.59 Å². The van der Waals surface area contributed by atoms with Crippen LogP contribution in [0.4, 0.5) is 11.4 Å². The van der Waals surface area contributed by atoms with Gasteiger partial charge >= 0.3 is 11.9 Å². The maximum Gasteiger partial charge on any atom is 0.335 e. The highest BCUT2D eigenvalue weighted by molar-refractivity contribution is 5.95. The second kappa shape index (κ2) is 7.64. The van der Waals surface area contributed by atoms with E-state index in [0.29, 0.717) is 5.56 Å². The minimum Gasteiger partial charge on any atom is -0.478 e. The highest BCUT2D eigenvalue weighted by Gasteiger charge is 2.10. The maximum atomic E-state index is 11.0. The van der Waals surface area contributed by atoms with Crippen molar-refractivity contribution in [3.8, 4) is 0 Å². The van der Waals surface area contributed by atoms with Gasteiger partial charge in [-0.05, 0) is 42.0 Å². The smallest absolute Gasteiger partial charge is 0.335 e. The molecule has 25 heavy (non-hydrogen) atoms. The first-order chi connectivity index (χ1) is 11.9. The zero-order valence-electron chi connectivity index (χ0n) is 12.7. The van der Waals surface area contributed by atoms with Gasteiger partial charge in [0.25, 0.3) is 5.69 Å². The summed E-state index contributed by atoms with van der Waals surface area (Å²) in [7, 11) is 0. The molecule has 0 unspecified atom stereocenters. The van der Waals surface area contributed by atoms with Crippen molar-refractivity contribution in [2.75, 3.05) is 0 Å². The van der Waals surface area contributed by atoms with Crippen LogP contribution in [0.2, 0.25) is 0 Å². The van der Waals surface area contributed by atoms with Crippen LogP contribution in [0.3, 0.4) is 0 Å². The number of hydrogen-bond donors (Lipinski definition) is 2. The number of rotatable bonds is 6. The molecule has 0 fully saturated rings. The number of nitro benzene ring substituents is 1. The topological polar surface area (TPSA) is 130 Å². The molecule has 0 aliphatic carbocycles. The Hall–Kier alpha value is -3.81. The number of benzene rings is 2. The predicted octanol–water partition coefficient (Wildman–Crippen LogP) is 3.41. The fourth-order valence-corrected chi connectivity index (χ4v) is 1.92. The SMILES string of the molecule is O=C(O)c1cc(N=CC=Cc2ccc([N+](=O)[O-])cc2)cc(C(=O)O)c1. The quantitative estimate of drug-likeness (QED) is 0.471. The van der Waals surface area contributed by atoms with Crippen molar-refractivity contribution >= 4 is 35.6 Å². The maximum absolute atomic E-state index is 11.0.